The standard InChI is InChI=1S/C13H17ClN2O5S/c1-13(2,3)21-12(20)15-7-9(17)16-8(11(18)19)6(4-14)5-22-10(7)16/h7,10H,4-5H2,1-3H3,(H,15,20)(H,18,19)/t7-,10-/m1/s1. The van der Waals surface area contributed by atoms with Crippen molar-refractivity contribution in [1.29, 1.82) is 0 Å². The molecule has 0 unspecified atom stereocenters. The molecule has 122 valence electrons. The number of thioether (sulfide) groups is 1. The summed E-state index contributed by atoms with van der Waals surface area (Å²) in [6.07, 6.45) is -0.699. The minimum atomic E-state index is -1.19. The van der Waals surface area contributed by atoms with E-state index in [4.69, 9.17) is 16.3 Å². The molecule has 2 atom stereocenters. The number of carboxylic acids is 1. The number of hydrogen-bond donors (Lipinski definition) is 2. The normalized spacial score (nSPS) is 24.5. The molecular formula is C13H17ClN2O5S. The van der Waals surface area contributed by atoms with E-state index in [-0.39, 0.29) is 11.6 Å². The van der Waals surface area contributed by atoms with Gasteiger partial charge in [0.15, 0.2) is 0 Å². The van der Waals surface area contributed by atoms with Crippen LogP contribution in [0.5, 0.6) is 0 Å². The number of β-lactam (4-membered cyclic amide) rings is 1. The number of ether oxygens (including phenoxy) is 1. The number of rotatable bonds is 3. The smallest absolute Gasteiger partial charge is 0.408 e. The van der Waals surface area contributed by atoms with Gasteiger partial charge in [-0.3, -0.25) is 9.69 Å². The van der Waals surface area contributed by atoms with Gasteiger partial charge in [0.1, 0.15) is 22.7 Å². The number of carbonyl (C=O) groups is 3. The summed E-state index contributed by atoms with van der Waals surface area (Å²) in [7, 11) is 0. The van der Waals surface area contributed by atoms with Crippen LogP contribution in [-0.2, 0) is 14.3 Å². The van der Waals surface area contributed by atoms with Crippen molar-refractivity contribution in [3.05, 3.63) is 11.3 Å². The predicted octanol–water partition coefficient (Wildman–Crippen LogP) is 1.37. The third-order valence-corrected chi connectivity index (χ3v) is 4.75. The second kappa shape index (κ2) is 6.00. The number of fused-ring (bicyclic) bond motifs is 1. The van der Waals surface area contributed by atoms with E-state index >= 15 is 0 Å². The number of carbonyl (C=O) groups excluding carboxylic acids is 2. The summed E-state index contributed by atoms with van der Waals surface area (Å²) < 4.78 is 5.11. The molecule has 2 N–H and O–H groups in total. The summed E-state index contributed by atoms with van der Waals surface area (Å²) in [4.78, 5) is 36.5. The summed E-state index contributed by atoms with van der Waals surface area (Å²) in [5.41, 5.74) is -0.251. The Bertz CT molecular complexity index is 557. The quantitative estimate of drug-likeness (QED) is 0.590. The van der Waals surface area contributed by atoms with Crippen LogP contribution in [0.4, 0.5) is 4.79 Å². The zero-order chi connectivity index (χ0) is 16.7. The van der Waals surface area contributed by atoms with Crippen molar-refractivity contribution in [2.75, 3.05) is 11.6 Å². The molecule has 22 heavy (non-hydrogen) atoms. The Morgan fingerprint density at radius 1 is 1.50 bits per heavy atom. The van der Waals surface area contributed by atoms with Gasteiger partial charge in [0.05, 0.1) is 0 Å². The summed E-state index contributed by atoms with van der Waals surface area (Å²) in [6.45, 7) is 5.15. The van der Waals surface area contributed by atoms with E-state index < -0.39 is 35.0 Å². The first-order valence-electron chi connectivity index (χ1n) is 6.61. The average molecular weight is 349 g/mol. The molecule has 0 bridgehead atoms. The Hall–Kier alpha value is -1.41. The fraction of sp³-hybridized carbons (Fsp3) is 0.615. The topological polar surface area (TPSA) is 95.9 Å². The molecular weight excluding hydrogens is 332 g/mol. The highest BCUT2D eigenvalue weighted by Gasteiger charge is 2.54. The molecule has 2 aliphatic rings. The van der Waals surface area contributed by atoms with Crippen LogP contribution in [0.15, 0.2) is 11.3 Å². The van der Waals surface area contributed by atoms with Gasteiger partial charge in [-0.15, -0.1) is 23.4 Å². The number of hydrogen-bond acceptors (Lipinski definition) is 5. The Morgan fingerprint density at radius 3 is 2.64 bits per heavy atom. The van der Waals surface area contributed by atoms with Crippen LogP contribution in [0.1, 0.15) is 20.8 Å². The lowest BCUT2D eigenvalue weighted by atomic mass is 10.0. The Kier molecular flexibility index (Phi) is 4.62. The van der Waals surface area contributed by atoms with Crippen molar-refractivity contribution in [3.8, 4) is 0 Å². The van der Waals surface area contributed by atoms with E-state index in [1.54, 1.807) is 20.8 Å². The molecule has 0 spiro atoms. The molecule has 0 aromatic carbocycles. The van der Waals surface area contributed by atoms with E-state index in [0.717, 1.165) is 0 Å². The average Bonchev–Trinajstić information content (AvgIpc) is 2.40. The monoisotopic (exact) mass is 348 g/mol. The maximum atomic E-state index is 12.2. The Morgan fingerprint density at radius 2 is 2.14 bits per heavy atom. The van der Waals surface area contributed by atoms with E-state index in [2.05, 4.69) is 5.32 Å². The van der Waals surface area contributed by atoms with E-state index in [1.807, 2.05) is 0 Å². The fourth-order valence-corrected chi connectivity index (χ4v) is 3.90. The van der Waals surface area contributed by atoms with Crippen molar-refractivity contribution in [2.24, 2.45) is 0 Å². The molecule has 2 heterocycles. The third-order valence-electron chi connectivity index (χ3n) is 3.08. The number of alkyl carbamates (subject to hydrolysis) is 1. The zero-order valence-electron chi connectivity index (χ0n) is 12.4. The van der Waals surface area contributed by atoms with Crippen molar-refractivity contribution < 1.29 is 24.2 Å². The number of carboxylic acid groups (broad SMARTS) is 1. The Labute approximate surface area is 137 Å². The van der Waals surface area contributed by atoms with Crippen molar-refractivity contribution in [3.63, 3.8) is 0 Å². The summed E-state index contributed by atoms with van der Waals surface area (Å²) >= 11 is 7.10. The molecule has 2 amide bonds. The molecule has 0 radical (unpaired) electrons. The molecule has 2 aliphatic heterocycles. The first kappa shape index (κ1) is 17.0. The van der Waals surface area contributed by atoms with Gasteiger partial charge in [-0.1, -0.05) is 0 Å². The first-order valence-corrected chi connectivity index (χ1v) is 8.19. The molecule has 1 saturated heterocycles. The van der Waals surface area contributed by atoms with Crippen LogP contribution in [0.25, 0.3) is 0 Å². The fourth-order valence-electron chi connectivity index (χ4n) is 2.22. The maximum absolute atomic E-state index is 12.2. The van der Waals surface area contributed by atoms with Crippen LogP contribution in [0, 0.1) is 0 Å². The van der Waals surface area contributed by atoms with Crippen LogP contribution < -0.4 is 5.32 Å². The van der Waals surface area contributed by atoms with Crippen LogP contribution >= 0.6 is 23.4 Å². The zero-order valence-corrected chi connectivity index (χ0v) is 14.0. The Balaban J connectivity index is 2.10. The highest BCUT2D eigenvalue weighted by Crippen LogP contribution is 2.40. The molecule has 1 fully saturated rings. The number of alkyl halides is 1. The lowest BCUT2D eigenvalue weighted by Crippen LogP contribution is -2.70. The van der Waals surface area contributed by atoms with Crippen molar-refractivity contribution >= 4 is 41.3 Å². The molecule has 9 heteroatoms. The minimum Gasteiger partial charge on any atom is -0.477 e. The van der Waals surface area contributed by atoms with Gasteiger partial charge in [0.25, 0.3) is 5.91 Å². The van der Waals surface area contributed by atoms with Crippen LogP contribution in [0.2, 0.25) is 0 Å². The lowest BCUT2D eigenvalue weighted by Gasteiger charge is -2.49. The molecule has 2 rings (SSSR count). The highest BCUT2D eigenvalue weighted by atomic mass is 35.5. The van der Waals surface area contributed by atoms with Crippen molar-refractivity contribution in [2.45, 2.75) is 37.8 Å². The largest absolute Gasteiger partial charge is 0.477 e. The lowest BCUT2D eigenvalue weighted by molar-refractivity contribution is -0.149. The van der Waals surface area contributed by atoms with Crippen molar-refractivity contribution in [1.82, 2.24) is 10.2 Å². The predicted molar refractivity (Wildman–Crippen MR) is 81.6 cm³/mol. The van der Waals surface area contributed by atoms with Gasteiger partial charge in [-0.25, -0.2) is 9.59 Å². The van der Waals surface area contributed by atoms with E-state index in [0.29, 0.717) is 11.3 Å². The summed E-state index contributed by atoms with van der Waals surface area (Å²) in [5.74, 6) is -1.20. The minimum absolute atomic E-state index is 0.0509. The molecule has 0 aromatic rings. The number of amides is 2. The molecule has 0 aromatic heterocycles. The van der Waals surface area contributed by atoms with E-state index in [1.165, 1.54) is 16.7 Å². The van der Waals surface area contributed by atoms with Crippen LogP contribution in [0.3, 0.4) is 0 Å². The SMILES string of the molecule is CC(C)(C)OC(=O)N[C@@H]1C(=O)N2C(C(=O)O)=C(CCl)CS[C@H]12. The molecule has 0 saturated carbocycles. The number of nitrogens with zero attached hydrogens (tertiary/aromatic N) is 1. The maximum Gasteiger partial charge on any atom is 0.408 e. The number of aliphatic carboxylic acids is 1. The second-order valence-electron chi connectivity index (χ2n) is 5.92. The summed E-state index contributed by atoms with van der Waals surface area (Å²) in [6, 6.07) is -0.786. The van der Waals surface area contributed by atoms with Gasteiger partial charge in [0.2, 0.25) is 0 Å². The van der Waals surface area contributed by atoms with Gasteiger partial charge in [0, 0.05) is 11.6 Å². The summed E-state index contributed by atoms with van der Waals surface area (Å²) in [5, 5.41) is 11.3. The highest BCUT2D eigenvalue weighted by molar-refractivity contribution is 8.00. The van der Waals surface area contributed by atoms with E-state index in [9.17, 15) is 19.5 Å². The number of halogens is 1. The van der Waals surface area contributed by atoms with Gasteiger partial charge >= 0.3 is 12.1 Å². The van der Waals surface area contributed by atoms with Gasteiger partial charge in [-0.2, -0.15) is 0 Å². The second-order valence-corrected chi connectivity index (χ2v) is 7.30. The number of nitrogens with one attached hydrogen (secondary N) is 1. The molecule has 0 aliphatic carbocycles. The third kappa shape index (κ3) is 3.17. The van der Waals surface area contributed by atoms with Crippen LogP contribution in [-0.4, -0.2) is 56.6 Å². The molecule has 7 nitrogen and oxygen atoms in total. The van der Waals surface area contributed by atoms with Gasteiger partial charge in [-0.05, 0) is 26.3 Å². The van der Waals surface area contributed by atoms with Gasteiger partial charge < -0.3 is 15.2 Å². The first-order chi connectivity index (χ1) is 10.2.